The van der Waals surface area contributed by atoms with Crippen LogP contribution in [0.4, 0.5) is 0 Å². The van der Waals surface area contributed by atoms with Gasteiger partial charge in [-0.2, -0.15) is 4.68 Å². The van der Waals surface area contributed by atoms with Crippen LogP contribution >= 0.6 is 11.8 Å². The summed E-state index contributed by atoms with van der Waals surface area (Å²) in [5.41, 5.74) is 0.949. The zero-order valence-electron chi connectivity index (χ0n) is 12.1. The van der Waals surface area contributed by atoms with E-state index in [-0.39, 0.29) is 12.6 Å². The number of aliphatic hydroxyl groups excluding tert-OH is 1. The minimum absolute atomic E-state index is 0.186. The van der Waals surface area contributed by atoms with Crippen LogP contribution in [0.2, 0.25) is 0 Å². The maximum Gasteiger partial charge on any atom is 0.214 e. The SMILES string of the molecule is CCCNC(CCO)CSc1nnnn1-c1ccccc1. The van der Waals surface area contributed by atoms with E-state index < -0.39 is 0 Å². The molecule has 0 spiro atoms. The number of nitrogens with one attached hydrogen (secondary N) is 1. The van der Waals surface area contributed by atoms with E-state index in [1.807, 2.05) is 30.3 Å². The molecule has 1 heterocycles. The largest absolute Gasteiger partial charge is 0.396 e. The second kappa shape index (κ2) is 8.76. The molecule has 2 aromatic rings. The highest BCUT2D eigenvalue weighted by atomic mass is 32.2. The summed E-state index contributed by atoms with van der Waals surface area (Å²) in [6.45, 7) is 3.27. The average Bonchev–Trinajstić information content (AvgIpc) is 2.99. The fraction of sp³-hybridized carbons (Fsp3) is 0.500. The van der Waals surface area contributed by atoms with Crippen molar-refractivity contribution in [1.29, 1.82) is 0 Å². The van der Waals surface area contributed by atoms with Crippen molar-refractivity contribution < 1.29 is 5.11 Å². The molecule has 1 atom stereocenters. The van der Waals surface area contributed by atoms with E-state index in [2.05, 4.69) is 27.8 Å². The smallest absolute Gasteiger partial charge is 0.214 e. The monoisotopic (exact) mass is 307 g/mol. The standard InChI is InChI=1S/C14H21N5OS/c1-2-9-15-12(8-10-20)11-21-14-16-17-18-19(14)13-6-4-3-5-7-13/h3-7,12,15,20H,2,8-11H2,1H3. The van der Waals surface area contributed by atoms with Gasteiger partial charge in [-0.3, -0.25) is 0 Å². The number of hydrogen-bond donors (Lipinski definition) is 2. The van der Waals surface area contributed by atoms with Crippen LogP contribution in [0.5, 0.6) is 0 Å². The summed E-state index contributed by atoms with van der Waals surface area (Å²) in [5.74, 6) is 0.827. The molecule has 114 valence electrons. The lowest BCUT2D eigenvalue weighted by atomic mass is 10.2. The summed E-state index contributed by atoms with van der Waals surface area (Å²) >= 11 is 1.60. The van der Waals surface area contributed by atoms with Crippen molar-refractivity contribution in [3.8, 4) is 5.69 Å². The number of hydrogen-bond acceptors (Lipinski definition) is 6. The van der Waals surface area contributed by atoms with Gasteiger partial charge in [0.1, 0.15) is 0 Å². The van der Waals surface area contributed by atoms with Crippen LogP contribution in [-0.2, 0) is 0 Å². The number of tetrazole rings is 1. The Morgan fingerprint density at radius 2 is 2.14 bits per heavy atom. The van der Waals surface area contributed by atoms with Gasteiger partial charge < -0.3 is 10.4 Å². The molecule has 6 nitrogen and oxygen atoms in total. The third-order valence-electron chi connectivity index (χ3n) is 3.02. The first-order valence-electron chi connectivity index (χ1n) is 7.16. The fourth-order valence-corrected chi connectivity index (χ4v) is 2.92. The highest BCUT2D eigenvalue weighted by molar-refractivity contribution is 7.99. The fourth-order valence-electron chi connectivity index (χ4n) is 1.92. The molecule has 0 radical (unpaired) electrons. The Hall–Kier alpha value is -1.44. The van der Waals surface area contributed by atoms with Gasteiger partial charge in [-0.15, -0.1) is 5.10 Å². The van der Waals surface area contributed by atoms with Crippen molar-refractivity contribution >= 4 is 11.8 Å². The highest BCUT2D eigenvalue weighted by Gasteiger charge is 2.13. The van der Waals surface area contributed by atoms with Crippen LogP contribution < -0.4 is 5.32 Å². The Kier molecular flexibility index (Phi) is 6.65. The van der Waals surface area contributed by atoms with Gasteiger partial charge in [0.15, 0.2) is 0 Å². The van der Waals surface area contributed by atoms with Gasteiger partial charge in [-0.1, -0.05) is 36.9 Å². The molecule has 0 aliphatic heterocycles. The van der Waals surface area contributed by atoms with Crippen LogP contribution in [-0.4, -0.2) is 50.3 Å². The van der Waals surface area contributed by atoms with E-state index in [9.17, 15) is 0 Å². The molecule has 1 unspecified atom stereocenters. The number of thioether (sulfide) groups is 1. The first-order valence-corrected chi connectivity index (χ1v) is 8.14. The normalized spacial score (nSPS) is 12.5. The van der Waals surface area contributed by atoms with E-state index in [0.29, 0.717) is 0 Å². The summed E-state index contributed by atoms with van der Waals surface area (Å²) in [4.78, 5) is 0. The Bertz CT molecular complexity index is 519. The lowest BCUT2D eigenvalue weighted by molar-refractivity contribution is 0.270. The van der Waals surface area contributed by atoms with Crippen LogP contribution in [0.15, 0.2) is 35.5 Å². The number of benzene rings is 1. The zero-order valence-corrected chi connectivity index (χ0v) is 13.0. The maximum atomic E-state index is 9.13. The molecule has 0 aliphatic carbocycles. The lowest BCUT2D eigenvalue weighted by Crippen LogP contribution is -2.33. The zero-order chi connectivity index (χ0) is 14.9. The number of aromatic nitrogens is 4. The predicted molar refractivity (Wildman–Crippen MR) is 83.7 cm³/mol. The molecule has 21 heavy (non-hydrogen) atoms. The maximum absolute atomic E-state index is 9.13. The summed E-state index contributed by atoms with van der Waals surface area (Å²) in [6.07, 6.45) is 1.81. The molecule has 0 aliphatic rings. The van der Waals surface area contributed by atoms with E-state index in [4.69, 9.17) is 5.11 Å². The minimum Gasteiger partial charge on any atom is -0.396 e. The lowest BCUT2D eigenvalue weighted by Gasteiger charge is -2.16. The minimum atomic E-state index is 0.186. The van der Waals surface area contributed by atoms with Gasteiger partial charge >= 0.3 is 0 Å². The summed E-state index contributed by atoms with van der Waals surface area (Å²) in [6, 6.07) is 10.1. The van der Waals surface area contributed by atoms with Crippen LogP contribution in [0.25, 0.3) is 5.69 Å². The Labute approximate surface area is 128 Å². The van der Waals surface area contributed by atoms with E-state index in [1.165, 1.54) is 0 Å². The number of nitrogens with zero attached hydrogens (tertiary/aromatic N) is 4. The first-order chi connectivity index (χ1) is 10.3. The molecule has 0 fully saturated rings. The topological polar surface area (TPSA) is 75.9 Å². The van der Waals surface area contributed by atoms with Crippen molar-refractivity contribution in [3.63, 3.8) is 0 Å². The number of para-hydroxylation sites is 1. The van der Waals surface area contributed by atoms with Crippen molar-refractivity contribution in [2.24, 2.45) is 0 Å². The van der Waals surface area contributed by atoms with Crippen LogP contribution in [0.1, 0.15) is 19.8 Å². The van der Waals surface area contributed by atoms with Gasteiger partial charge in [0.05, 0.1) is 5.69 Å². The predicted octanol–water partition coefficient (Wildman–Crippen LogP) is 1.50. The van der Waals surface area contributed by atoms with Gasteiger partial charge in [-0.25, -0.2) is 0 Å². The van der Waals surface area contributed by atoms with Gasteiger partial charge in [0.25, 0.3) is 0 Å². The molecule has 1 aromatic carbocycles. The molecule has 7 heteroatoms. The summed E-state index contributed by atoms with van der Waals surface area (Å²) in [5, 5.41) is 25.2. The van der Waals surface area contributed by atoms with Crippen LogP contribution in [0, 0.1) is 0 Å². The van der Waals surface area contributed by atoms with E-state index in [1.54, 1.807) is 16.4 Å². The summed E-state index contributed by atoms with van der Waals surface area (Å²) < 4.78 is 1.74. The quantitative estimate of drug-likeness (QED) is 0.684. The molecule has 2 rings (SSSR count). The van der Waals surface area contributed by atoms with Gasteiger partial charge in [-0.05, 0) is 41.9 Å². The molecule has 2 N–H and O–H groups in total. The van der Waals surface area contributed by atoms with E-state index >= 15 is 0 Å². The summed E-state index contributed by atoms with van der Waals surface area (Å²) in [7, 11) is 0. The van der Waals surface area contributed by atoms with Crippen molar-refractivity contribution in [2.75, 3.05) is 18.9 Å². The number of aliphatic hydroxyl groups is 1. The molecule has 0 bridgehead atoms. The van der Waals surface area contributed by atoms with Crippen molar-refractivity contribution in [1.82, 2.24) is 25.5 Å². The second-order valence-electron chi connectivity index (χ2n) is 4.68. The van der Waals surface area contributed by atoms with Crippen LogP contribution in [0.3, 0.4) is 0 Å². The number of rotatable bonds is 9. The second-order valence-corrected chi connectivity index (χ2v) is 5.67. The molecular weight excluding hydrogens is 286 g/mol. The third-order valence-corrected chi connectivity index (χ3v) is 4.10. The average molecular weight is 307 g/mol. The van der Waals surface area contributed by atoms with Crippen molar-refractivity contribution in [3.05, 3.63) is 30.3 Å². The van der Waals surface area contributed by atoms with Crippen molar-refractivity contribution in [2.45, 2.75) is 31.0 Å². The first kappa shape index (κ1) is 15.9. The molecule has 1 aromatic heterocycles. The highest BCUT2D eigenvalue weighted by Crippen LogP contribution is 2.19. The van der Waals surface area contributed by atoms with Gasteiger partial charge in [0.2, 0.25) is 5.16 Å². The Morgan fingerprint density at radius 3 is 2.86 bits per heavy atom. The van der Waals surface area contributed by atoms with Gasteiger partial charge in [0, 0.05) is 18.4 Å². The Balaban J connectivity index is 1.98. The molecule has 0 saturated carbocycles. The third kappa shape index (κ3) is 4.80. The molecule has 0 saturated heterocycles. The Morgan fingerprint density at radius 1 is 1.33 bits per heavy atom. The molecule has 0 amide bonds. The van der Waals surface area contributed by atoms with E-state index in [0.717, 1.165) is 36.0 Å². The molecular formula is C14H21N5OS.